The number of carbonyl (C=O) groups is 3. The van der Waals surface area contributed by atoms with Crippen molar-refractivity contribution in [3.63, 3.8) is 0 Å². The highest BCUT2D eigenvalue weighted by atomic mass is 19.2. The minimum atomic E-state index is -1.28. The van der Waals surface area contributed by atoms with Crippen LogP contribution in [0.2, 0.25) is 0 Å². The molecular weight excluding hydrogens is 620 g/mol. The lowest BCUT2D eigenvalue weighted by Gasteiger charge is -2.21. The molecule has 48 heavy (non-hydrogen) atoms. The fourth-order valence-corrected chi connectivity index (χ4v) is 5.38. The quantitative estimate of drug-likeness (QED) is 0.183. The number of carboxylic acid groups (broad SMARTS) is 1. The number of aromatic carboxylic acids is 1. The number of hydrogen-bond acceptors (Lipinski definition) is 7. The third-order valence-corrected chi connectivity index (χ3v) is 7.74. The summed E-state index contributed by atoms with van der Waals surface area (Å²) in [5.41, 5.74) is 11.1. The van der Waals surface area contributed by atoms with Gasteiger partial charge >= 0.3 is 11.9 Å². The molecule has 4 N–H and O–H groups in total. The molecule has 0 saturated carbocycles. The molecule has 1 aliphatic carbocycles. The van der Waals surface area contributed by atoms with Crippen LogP contribution in [-0.2, 0) is 17.7 Å². The topological polar surface area (TPSA) is 149 Å². The molecule has 0 radical (unpaired) electrons. The first-order valence-corrected chi connectivity index (χ1v) is 15.2. The summed E-state index contributed by atoms with van der Waals surface area (Å²) in [6.07, 6.45) is 1.92. The zero-order valence-corrected chi connectivity index (χ0v) is 26.9. The fourth-order valence-electron chi connectivity index (χ4n) is 5.38. The van der Waals surface area contributed by atoms with Gasteiger partial charge in [0.15, 0.2) is 23.0 Å². The van der Waals surface area contributed by atoms with Crippen LogP contribution < -0.4 is 11.1 Å². The predicted molar refractivity (Wildman–Crippen MR) is 175 cm³/mol. The molecule has 0 saturated heterocycles. The number of ether oxygens (including phenoxy) is 1. The van der Waals surface area contributed by atoms with Crippen LogP contribution in [0.3, 0.4) is 0 Å². The van der Waals surface area contributed by atoms with E-state index < -0.39 is 29.1 Å². The molecule has 1 amide bonds. The molecule has 0 unspecified atom stereocenters. The number of aromatic nitrogens is 3. The van der Waals surface area contributed by atoms with Crippen molar-refractivity contribution in [3.8, 4) is 11.3 Å². The van der Waals surface area contributed by atoms with Crippen molar-refractivity contribution in [1.29, 1.82) is 0 Å². The number of nitrogens with two attached hydrogens (primary N) is 1. The van der Waals surface area contributed by atoms with Crippen LogP contribution in [-0.4, -0.2) is 43.2 Å². The van der Waals surface area contributed by atoms with Crippen molar-refractivity contribution in [2.45, 2.75) is 58.7 Å². The van der Waals surface area contributed by atoms with E-state index in [0.29, 0.717) is 16.8 Å². The first kappa shape index (κ1) is 33.9. The van der Waals surface area contributed by atoms with E-state index in [-0.39, 0.29) is 35.6 Å². The van der Waals surface area contributed by atoms with Gasteiger partial charge in [-0.15, -0.1) is 0 Å². The lowest BCUT2D eigenvalue weighted by Crippen LogP contribution is -2.25. The van der Waals surface area contributed by atoms with Gasteiger partial charge < -0.3 is 20.9 Å². The third-order valence-electron chi connectivity index (χ3n) is 7.74. The highest BCUT2D eigenvalue weighted by Gasteiger charge is 2.26. The van der Waals surface area contributed by atoms with E-state index in [1.165, 1.54) is 17.2 Å². The van der Waals surface area contributed by atoms with Crippen LogP contribution in [0.15, 0.2) is 72.8 Å². The van der Waals surface area contributed by atoms with Crippen LogP contribution in [0.5, 0.6) is 0 Å². The predicted octanol–water partition coefficient (Wildman–Crippen LogP) is 6.20. The SMILES string of the molecule is Cc1c(C(=O)OC(C)(C)C)ccc2c1CC[C@@H]2N.O=C(NCc1ccc(F)c(F)c1)c1cc(C(=O)O)n2nc(-c3ccccc3)cc2n1. The Hall–Kier alpha value is -5.49. The van der Waals surface area contributed by atoms with Gasteiger partial charge in [0.1, 0.15) is 11.3 Å². The fraction of sp³-hybridized carbons (Fsp3) is 0.250. The summed E-state index contributed by atoms with van der Waals surface area (Å²) in [5.74, 6) is -4.20. The van der Waals surface area contributed by atoms with Crippen molar-refractivity contribution >= 4 is 23.5 Å². The molecule has 2 heterocycles. The van der Waals surface area contributed by atoms with Crippen LogP contribution in [0.25, 0.3) is 16.9 Å². The highest BCUT2D eigenvalue weighted by molar-refractivity contribution is 5.96. The molecule has 1 aliphatic rings. The second-order valence-corrected chi connectivity index (χ2v) is 12.4. The van der Waals surface area contributed by atoms with Gasteiger partial charge in [0.2, 0.25) is 0 Å². The Balaban J connectivity index is 0.000000214. The van der Waals surface area contributed by atoms with Crippen LogP contribution in [0.4, 0.5) is 8.78 Å². The Morgan fingerprint density at radius 3 is 2.42 bits per heavy atom. The Morgan fingerprint density at radius 1 is 1.02 bits per heavy atom. The number of esters is 1. The Kier molecular flexibility index (Phi) is 9.67. The van der Waals surface area contributed by atoms with Gasteiger partial charge in [0.25, 0.3) is 5.91 Å². The number of carboxylic acids is 1. The van der Waals surface area contributed by atoms with E-state index in [4.69, 9.17) is 10.5 Å². The molecule has 6 rings (SSSR count). The minimum absolute atomic E-state index is 0.0835. The number of fused-ring (bicyclic) bond motifs is 2. The summed E-state index contributed by atoms with van der Waals surface area (Å²) in [4.78, 5) is 40.5. The molecule has 248 valence electrons. The number of nitrogens with zero attached hydrogens (tertiary/aromatic N) is 3. The van der Waals surface area contributed by atoms with Crippen LogP contribution >= 0.6 is 0 Å². The zero-order valence-electron chi connectivity index (χ0n) is 26.9. The van der Waals surface area contributed by atoms with Gasteiger partial charge in [-0.25, -0.2) is 27.9 Å². The van der Waals surface area contributed by atoms with E-state index in [0.717, 1.165) is 46.7 Å². The Morgan fingerprint density at radius 2 is 1.75 bits per heavy atom. The summed E-state index contributed by atoms with van der Waals surface area (Å²) in [6.45, 7) is 7.53. The van der Waals surface area contributed by atoms with E-state index in [2.05, 4.69) is 15.4 Å². The molecule has 0 spiro atoms. The summed E-state index contributed by atoms with van der Waals surface area (Å²) >= 11 is 0. The number of benzene rings is 3. The van der Waals surface area contributed by atoms with E-state index in [1.54, 1.807) is 6.07 Å². The highest BCUT2D eigenvalue weighted by Crippen LogP contribution is 2.33. The van der Waals surface area contributed by atoms with Crippen molar-refractivity contribution in [2.75, 3.05) is 0 Å². The molecule has 10 nitrogen and oxygen atoms in total. The van der Waals surface area contributed by atoms with Crippen LogP contribution in [0.1, 0.15) is 86.8 Å². The second-order valence-electron chi connectivity index (χ2n) is 12.4. The van der Waals surface area contributed by atoms with Crippen molar-refractivity contribution < 1.29 is 33.0 Å². The summed E-state index contributed by atoms with van der Waals surface area (Å²) in [6, 6.07) is 19.0. The van der Waals surface area contributed by atoms with Crippen LogP contribution in [0, 0.1) is 18.6 Å². The van der Waals surface area contributed by atoms with Gasteiger partial charge in [-0.1, -0.05) is 42.5 Å². The van der Waals surface area contributed by atoms with Crippen molar-refractivity contribution in [2.24, 2.45) is 5.73 Å². The minimum Gasteiger partial charge on any atom is -0.477 e. The molecule has 2 aromatic heterocycles. The first-order valence-electron chi connectivity index (χ1n) is 15.2. The standard InChI is InChI=1S/C21H14F2N4O3.C15H21NO2/c22-14-7-6-12(8-15(14)23)11-24-20(28)17-9-18(21(29)30)27-19(25-17)10-16(26-27)13-4-2-1-3-5-13;1-9-10-7-8-13(16)12(10)6-5-11(9)14(17)18-15(2,3)4/h1-10H,11H2,(H,24,28)(H,29,30);5-6,13H,7-8,16H2,1-4H3/t;13-/m.0/s1. The Labute approximate surface area is 275 Å². The maximum Gasteiger partial charge on any atom is 0.354 e. The number of carbonyl (C=O) groups excluding carboxylic acids is 2. The van der Waals surface area contributed by atoms with E-state index >= 15 is 0 Å². The van der Waals surface area contributed by atoms with E-state index in [1.807, 2.05) is 70.2 Å². The number of nitrogens with one attached hydrogen (secondary N) is 1. The average molecular weight is 656 g/mol. The zero-order chi connectivity index (χ0) is 34.7. The van der Waals surface area contributed by atoms with Gasteiger partial charge in [0, 0.05) is 30.3 Å². The smallest absolute Gasteiger partial charge is 0.354 e. The summed E-state index contributed by atoms with van der Waals surface area (Å²) in [5, 5.41) is 16.3. The molecule has 0 fully saturated rings. The second kappa shape index (κ2) is 13.7. The van der Waals surface area contributed by atoms with Crippen molar-refractivity contribution in [3.05, 3.63) is 124 Å². The molecule has 3 aromatic carbocycles. The molecular formula is C36H35F2N5O5. The normalized spacial score (nSPS) is 13.8. The first-order chi connectivity index (χ1) is 22.7. The maximum atomic E-state index is 13.3. The third kappa shape index (κ3) is 7.55. The van der Waals surface area contributed by atoms with Gasteiger partial charge in [-0.3, -0.25) is 4.79 Å². The number of amides is 1. The molecule has 0 aliphatic heterocycles. The number of hydrogen-bond donors (Lipinski definition) is 3. The number of rotatable bonds is 6. The van der Waals surface area contributed by atoms with Gasteiger partial charge in [-0.2, -0.15) is 5.10 Å². The van der Waals surface area contributed by atoms with E-state index in [9.17, 15) is 28.3 Å². The average Bonchev–Trinajstić information content (AvgIpc) is 3.65. The molecule has 0 bridgehead atoms. The summed E-state index contributed by atoms with van der Waals surface area (Å²) in [7, 11) is 0. The molecule has 5 aromatic rings. The largest absolute Gasteiger partial charge is 0.477 e. The van der Waals surface area contributed by atoms with Crippen molar-refractivity contribution in [1.82, 2.24) is 19.9 Å². The maximum absolute atomic E-state index is 13.3. The monoisotopic (exact) mass is 655 g/mol. The van der Waals surface area contributed by atoms with Gasteiger partial charge in [0.05, 0.1) is 11.3 Å². The lowest BCUT2D eigenvalue weighted by molar-refractivity contribution is 0.00682. The summed E-state index contributed by atoms with van der Waals surface area (Å²) < 4.78 is 32.9. The molecule has 1 atom stereocenters. The number of halogens is 2. The Bertz CT molecular complexity index is 2020. The van der Waals surface area contributed by atoms with Gasteiger partial charge in [-0.05, 0) is 81.0 Å². The molecule has 12 heteroatoms. The lowest BCUT2D eigenvalue weighted by atomic mass is 9.98.